The summed E-state index contributed by atoms with van der Waals surface area (Å²) in [5.41, 5.74) is -2.27. The molecule has 26 heavy (non-hydrogen) atoms. The van der Waals surface area contributed by atoms with Crippen molar-refractivity contribution in [3.8, 4) is 0 Å². The number of hydrogen-bond acceptors (Lipinski definition) is 4. The van der Waals surface area contributed by atoms with Gasteiger partial charge in [-0.25, -0.2) is 4.79 Å². The first kappa shape index (κ1) is 19.0. The highest BCUT2D eigenvalue weighted by molar-refractivity contribution is 5.89. The fraction of sp³-hybridized carbons (Fsp3) is 0.750. The number of morpholine rings is 1. The van der Waals surface area contributed by atoms with E-state index < -0.39 is 29.1 Å². The third kappa shape index (κ3) is 3.52. The van der Waals surface area contributed by atoms with Crippen LogP contribution in [-0.4, -0.2) is 58.2 Å². The van der Waals surface area contributed by atoms with Crippen molar-refractivity contribution in [1.82, 2.24) is 14.7 Å². The normalized spacial score (nSPS) is 25.7. The molecule has 1 aromatic rings. The smallest absolute Gasteiger partial charge is 0.378 e. The van der Waals surface area contributed by atoms with Gasteiger partial charge in [0.2, 0.25) is 0 Å². The number of aryl methyl sites for hydroxylation is 1. The average molecular weight is 376 g/mol. The number of nitrogens with zero attached hydrogens (tertiary/aromatic N) is 3. The lowest BCUT2D eigenvalue weighted by Gasteiger charge is -2.47. The molecule has 0 bridgehead atoms. The molecule has 0 radical (unpaired) electrons. The lowest BCUT2D eigenvalue weighted by atomic mass is 9.95. The van der Waals surface area contributed by atoms with Gasteiger partial charge in [-0.15, -0.1) is 0 Å². The Hall–Kier alpha value is -1.81. The Labute approximate surface area is 149 Å². The first-order valence-electron chi connectivity index (χ1n) is 8.37. The van der Waals surface area contributed by atoms with Crippen LogP contribution in [0.15, 0.2) is 0 Å². The van der Waals surface area contributed by atoms with Gasteiger partial charge in [-0.05, 0) is 20.8 Å². The molecule has 1 aromatic heterocycles. The van der Waals surface area contributed by atoms with E-state index in [4.69, 9.17) is 9.47 Å². The number of carbonyl (C=O) groups excluding carboxylic acids is 1. The van der Waals surface area contributed by atoms with Crippen LogP contribution in [0.5, 0.6) is 0 Å². The SMILES string of the molecule is Cc1c(C(F)(F)F)nn(C)c1NC(=O)N1CC(C)(C)OC2(CCOC2)C1. The van der Waals surface area contributed by atoms with Crippen molar-refractivity contribution in [3.63, 3.8) is 0 Å². The van der Waals surface area contributed by atoms with Crippen LogP contribution >= 0.6 is 0 Å². The summed E-state index contributed by atoms with van der Waals surface area (Å²) in [4.78, 5) is 14.3. The molecular formula is C16H23F3N4O3. The predicted molar refractivity (Wildman–Crippen MR) is 86.9 cm³/mol. The van der Waals surface area contributed by atoms with Crippen LogP contribution < -0.4 is 5.32 Å². The van der Waals surface area contributed by atoms with Gasteiger partial charge in [0.1, 0.15) is 11.4 Å². The van der Waals surface area contributed by atoms with Crippen molar-refractivity contribution < 1.29 is 27.4 Å². The molecule has 3 rings (SSSR count). The Morgan fingerprint density at radius 2 is 2.00 bits per heavy atom. The highest BCUT2D eigenvalue weighted by atomic mass is 19.4. The second-order valence-electron chi connectivity index (χ2n) is 7.58. The number of amides is 2. The lowest BCUT2D eigenvalue weighted by Crippen LogP contribution is -2.62. The number of rotatable bonds is 1. The Kier molecular flexibility index (Phi) is 4.47. The number of nitrogens with one attached hydrogen (secondary N) is 1. The molecule has 0 aliphatic carbocycles. The Morgan fingerprint density at radius 3 is 2.54 bits per heavy atom. The summed E-state index contributed by atoms with van der Waals surface area (Å²) < 4.78 is 51.6. The molecule has 0 saturated carbocycles. The first-order chi connectivity index (χ1) is 11.9. The molecule has 2 fully saturated rings. The first-order valence-corrected chi connectivity index (χ1v) is 8.37. The Balaban J connectivity index is 1.81. The summed E-state index contributed by atoms with van der Waals surface area (Å²) in [6, 6.07) is -0.479. The zero-order chi connectivity index (χ0) is 19.3. The minimum atomic E-state index is -4.57. The minimum Gasteiger partial charge on any atom is -0.378 e. The zero-order valence-electron chi connectivity index (χ0n) is 15.2. The summed E-state index contributed by atoms with van der Waals surface area (Å²) in [6.07, 6.45) is -3.90. The van der Waals surface area contributed by atoms with Gasteiger partial charge >= 0.3 is 12.2 Å². The van der Waals surface area contributed by atoms with E-state index in [0.717, 1.165) is 4.68 Å². The summed E-state index contributed by atoms with van der Waals surface area (Å²) >= 11 is 0. The van der Waals surface area contributed by atoms with Gasteiger partial charge in [0, 0.05) is 25.6 Å². The summed E-state index contributed by atoms with van der Waals surface area (Å²) in [6.45, 7) is 6.65. The van der Waals surface area contributed by atoms with Crippen LogP contribution in [0.4, 0.5) is 23.8 Å². The maximum absolute atomic E-state index is 13.0. The van der Waals surface area contributed by atoms with E-state index in [1.54, 1.807) is 4.90 Å². The molecular weight excluding hydrogens is 353 g/mol. The van der Waals surface area contributed by atoms with Gasteiger partial charge in [0.25, 0.3) is 0 Å². The van der Waals surface area contributed by atoms with Crippen molar-refractivity contribution in [1.29, 1.82) is 0 Å². The third-order valence-corrected chi connectivity index (χ3v) is 4.68. The Bertz CT molecular complexity index is 708. The van der Waals surface area contributed by atoms with Gasteiger partial charge < -0.3 is 14.4 Å². The monoisotopic (exact) mass is 376 g/mol. The summed E-state index contributed by atoms with van der Waals surface area (Å²) in [7, 11) is 1.37. The van der Waals surface area contributed by atoms with Gasteiger partial charge in [-0.2, -0.15) is 18.3 Å². The molecule has 1 spiro atoms. The topological polar surface area (TPSA) is 68.6 Å². The fourth-order valence-corrected chi connectivity index (χ4v) is 3.71. The maximum atomic E-state index is 13.0. The van der Waals surface area contributed by atoms with E-state index in [1.807, 2.05) is 13.8 Å². The lowest BCUT2D eigenvalue weighted by molar-refractivity contribution is -0.185. The molecule has 7 nitrogen and oxygen atoms in total. The molecule has 1 unspecified atom stereocenters. The number of anilines is 1. The Morgan fingerprint density at radius 1 is 1.31 bits per heavy atom. The van der Waals surface area contributed by atoms with Crippen molar-refractivity contribution in [3.05, 3.63) is 11.3 Å². The van der Waals surface area contributed by atoms with E-state index in [1.165, 1.54) is 14.0 Å². The van der Waals surface area contributed by atoms with Crippen molar-refractivity contribution in [2.45, 2.75) is 44.6 Å². The average Bonchev–Trinajstić information content (AvgIpc) is 3.04. The van der Waals surface area contributed by atoms with Crippen molar-refractivity contribution in [2.75, 3.05) is 31.6 Å². The number of carbonyl (C=O) groups is 1. The van der Waals surface area contributed by atoms with E-state index in [2.05, 4.69) is 10.4 Å². The molecule has 146 valence electrons. The molecule has 0 aromatic carbocycles. The van der Waals surface area contributed by atoms with Crippen LogP contribution in [-0.2, 0) is 22.7 Å². The number of urea groups is 1. The highest BCUT2D eigenvalue weighted by Gasteiger charge is 2.48. The van der Waals surface area contributed by atoms with Gasteiger partial charge in [0.15, 0.2) is 5.69 Å². The number of aromatic nitrogens is 2. The second-order valence-corrected chi connectivity index (χ2v) is 7.58. The largest absolute Gasteiger partial charge is 0.435 e. The van der Waals surface area contributed by atoms with Gasteiger partial charge in [0.05, 0.1) is 25.3 Å². The maximum Gasteiger partial charge on any atom is 0.435 e. The number of halogens is 3. The van der Waals surface area contributed by atoms with Crippen LogP contribution in [0.2, 0.25) is 0 Å². The molecule has 2 aliphatic heterocycles. The van der Waals surface area contributed by atoms with Crippen LogP contribution in [0, 0.1) is 6.92 Å². The molecule has 3 heterocycles. The standard InChI is InChI=1S/C16H23F3N4O3/c1-10-11(16(17,18)19)21-22(4)12(10)20-13(24)23-7-14(2,3)26-15(8-23)5-6-25-9-15/h5-9H2,1-4H3,(H,20,24). The minimum absolute atomic E-state index is 0.0309. The second kappa shape index (κ2) is 6.12. The van der Waals surface area contributed by atoms with E-state index >= 15 is 0 Å². The molecule has 2 amide bonds. The van der Waals surface area contributed by atoms with Gasteiger partial charge in [-0.3, -0.25) is 10.00 Å². The van der Waals surface area contributed by atoms with Gasteiger partial charge in [-0.1, -0.05) is 0 Å². The van der Waals surface area contributed by atoms with Crippen LogP contribution in [0.3, 0.4) is 0 Å². The van der Waals surface area contributed by atoms with Crippen molar-refractivity contribution in [2.24, 2.45) is 7.05 Å². The molecule has 10 heteroatoms. The molecule has 1 N–H and O–H groups in total. The number of alkyl halides is 3. The van der Waals surface area contributed by atoms with Crippen LogP contribution in [0.25, 0.3) is 0 Å². The van der Waals surface area contributed by atoms with Crippen molar-refractivity contribution >= 4 is 11.8 Å². The molecule has 1 atom stereocenters. The highest BCUT2D eigenvalue weighted by Crippen LogP contribution is 2.36. The van der Waals surface area contributed by atoms with Crippen LogP contribution in [0.1, 0.15) is 31.5 Å². The molecule has 2 saturated heterocycles. The number of hydrogen-bond donors (Lipinski definition) is 1. The fourth-order valence-electron chi connectivity index (χ4n) is 3.71. The van der Waals surface area contributed by atoms with E-state index in [0.29, 0.717) is 32.7 Å². The quantitative estimate of drug-likeness (QED) is 0.818. The molecule has 2 aliphatic rings. The third-order valence-electron chi connectivity index (χ3n) is 4.68. The zero-order valence-corrected chi connectivity index (χ0v) is 15.2. The summed E-state index contributed by atoms with van der Waals surface area (Å²) in [5, 5.41) is 6.07. The van der Waals surface area contributed by atoms with E-state index in [9.17, 15) is 18.0 Å². The number of ether oxygens (including phenoxy) is 2. The predicted octanol–water partition coefficient (Wildman–Crippen LogP) is 2.55. The summed E-state index contributed by atoms with van der Waals surface area (Å²) in [5.74, 6) is 0.0309. The van der Waals surface area contributed by atoms with E-state index in [-0.39, 0.29) is 11.4 Å².